The fraction of sp³-hybridized carbons (Fsp3) is 0.0833. The summed E-state index contributed by atoms with van der Waals surface area (Å²) in [5.74, 6) is 0.299. The van der Waals surface area contributed by atoms with Gasteiger partial charge in [-0.15, -0.1) is 0 Å². The van der Waals surface area contributed by atoms with Crippen LogP contribution in [0.25, 0.3) is 10.9 Å². The van der Waals surface area contributed by atoms with Gasteiger partial charge in [0.05, 0.1) is 13.3 Å². The van der Waals surface area contributed by atoms with Gasteiger partial charge in [0.25, 0.3) is 5.91 Å². The third-order valence-electron chi connectivity index (χ3n) is 4.88. The first-order valence-corrected chi connectivity index (χ1v) is 10.3. The quantitative estimate of drug-likeness (QED) is 0.298. The molecule has 0 atom stereocenters. The molecule has 0 bridgehead atoms. The number of hydrazone groups is 1. The minimum absolute atomic E-state index is 0.313. The van der Waals surface area contributed by atoms with Crippen LogP contribution in [-0.4, -0.2) is 23.8 Å². The summed E-state index contributed by atoms with van der Waals surface area (Å²) >= 11 is 12.4. The Labute approximate surface area is 189 Å². The molecule has 1 heterocycles. The van der Waals surface area contributed by atoms with E-state index in [0.717, 1.165) is 22.0 Å². The van der Waals surface area contributed by atoms with E-state index >= 15 is 0 Å². The molecule has 7 heteroatoms. The van der Waals surface area contributed by atoms with Gasteiger partial charge in [0.2, 0.25) is 0 Å². The van der Waals surface area contributed by atoms with Gasteiger partial charge in [0, 0.05) is 44.8 Å². The number of hydrogen-bond donors (Lipinski definition) is 1. The lowest BCUT2D eigenvalue weighted by atomic mass is 10.2. The monoisotopic (exact) mass is 451 g/mol. The zero-order valence-corrected chi connectivity index (χ0v) is 18.2. The fourth-order valence-corrected chi connectivity index (χ4v) is 3.80. The number of nitrogens with one attached hydrogen (secondary N) is 1. The molecule has 0 spiro atoms. The van der Waals surface area contributed by atoms with Crippen molar-refractivity contribution < 1.29 is 9.53 Å². The molecule has 1 amide bonds. The van der Waals surface area contributed by atoms with Crippen LogP contribution in [0.4, 0.5) is 0 Å². The predicted octanol–water partition coefficient (Wildman–Crippen LogP) is 5.77. The number of hydrogen-bond acceptors (Lipinski definition) is 3. The fourth-order valence-electron chi connectivity index (χ4n) is 3.33. The first kappa shape index (κ1) is 21.0. The van der Waals surface area contributed by atoms with Gasteiger partial charge >= 0.3 is 0 Å². The molecule has 0 aliphatic carbocycles. The number of benzene rings is 3. The van der Waals surface area contributed by atoms with Crippen LogP contribution < -0.4 is 10.2 Å². The van der Waals surface area contributed by atoms with Crippen molar-refractivity contribution in [1.82, 2.24) is 9.99 Å². The number of aromatic nitrogens is 1. The number of methoxy groups -OCH3 is 1. The second kappa shape index (κ2) is 9.25. The van der Waals surface area contributed by atoms with Gasteiger partial charge in [-0.25, -0.2) is 5.43 Å². The Morgan fingerprint density at radius 2 is 1.94 bits per heavy atom. The van der Waals surface area contributed by atoms with Crippen molar-refractivity contribution in [2.75, 3.05) is 7.11 Å². The SMILES string of the molecule is COc1cccc(C(=O)N/N=C\c2cn(Cc3ccc(Cl)cc3Cl)c3ccccc23)c1. The van der Waals surface area contributed by atoms with Gasteiger partial charge in [-0.3, -0.25) is 4.79 Å². The maximum atomic E-state index is 12.4. The molecule has 0 radical (unpaired) electrons. The van der Waals surface area contributed by atoms with Gasteiger partial charge in [-0.05, 0) is 42.0 Å². The van der Waals surface area contributed by atoms with Crippen LogP contribution in [0.5, 0.6) is 5.75 Å². The minimum atomic E-state index is -0.313. The molecule has 0 fully saturated rings. The molecule has 5 nitrogen and oxygen atoms in total. The zero-order chi connectivity index (χ0) is 21.8. The van der Waals surface area contributed by atoms with Gasteiger partial charge in [0.15, 0.2) is 0 Å². The summed E-state index contributed by atoms with van der Waals surface area (Å²) in [6.45, 7) is 0.584. The molecular weight excluding hydrogens is 433 g/mol. The highest BCUT2D eigenvalue weighted by Crippen LogP contribution is 2.25. The first-order valence-electron chi connectivity index (χ1n) is 9.54. The molecule has 0 aliphatic rings. The molecule has 1 aromatic heterocycles. The number of rotatable bonds is 6. The predicted molar refractivity (Wildman–Crippen MR) is 126 cm³/mol. The number of amides is 1. The molecule has 0 aliphatic heterocycles. The third-order valence-corrected chi connectivity index (χ3v) is 5.46. The van der Waals surface area contributed by atoms with Crippen molar-refractivity contribution >= 4 is 46.2 Å². The highest BCUT2D eigenvalue weighted by Gasteiger charge is 2.10. The van der Waals surface area contributed by atoms with Crippen molar-refractivity contribution in [3.8, 4) is 5.75 Å². The summed E-state index contributed by atoms with van der Waals surface area (Å²) < 4.78 is 7.25. The Morgan fingerprint density at radius 1 is 1.10 bits per heavy atom. The smallest absolute Gasteiger partial charge is 0.271 e. The Kier molecular flexibility index (Phi) is 6.26. The van der Waals surface area contributed by atoms with Crippen LogP contribution in [0.15, 0.2) is 78.0 Å². The maximum absolute atomic E-state index is 12.4. The topological polar surface area (TPSA) is 55.6 Å². The second-order valence-corrected chi connectivity index (χ2v) is 7.74. The number of halogens is 2. The molecule has 1 N–H and O–H groups in total. The molecule has 31 heavy (non-hydrogen) atoms. The molecule has 3 aromatic carbocycles. The van der Waals surface area contributed by atoms with Crippen molar-refractivity contribution in [2.45, 2.75) is 6.54 Å². The summed E-state index contributed by atoms with van der Waals surface area (Å²) in [4.78, 5) is 12.4. The number of carbonyl (C=O) groups is 1. The van der Waals surface area contributed by atoms with E-state index in [1.54, 1.807) is 43.7 Å². The largest absolute Gasteiger partial charge is 0.497 e. The van der Waals surface area contributed by atoms with Crippen LogP contribution in [0.2, 0.25) is 10.0 Å². The summed E-state index contributed by atoms with van der Waals surface area (Å²) in [7, 11) is 1.56. The van der Waals surface area contributed by atoms with E-state index in [4.69, 9.17) is 27.9 Å². The minimum Gasteiger partial charge on any atom is -0.497 e. The van der Waals surface area contributed by atoms with Crippen molar-refractivity contribution in [2.24, 2.45) is 5.10 Å². The molecule has 0 unspecified atom stereocenters. The molecule has 156 valence electrons. The van der Waals surface area contributed by atoms with Crippen molar-refractivity contribution in [1.29, 1.82) is 0 Å². The lowest BCUT2D eigenvalue weighted by Crippen LogP contribution is -2.17. The normalized spacial score (nSPS) is 11.2. The number of carbonyl (C=O) groups excluding carboxylic acids is 1. The lowest BCUT2D eigenvalue weighted by Gasteiger charge is -2.08. The maximum Gasteiger partial charge on any atom is 0.271 e. The molecule has 0 saturated heterocycles. The van der Waals surface area contributed by atoms with Crippen LogP contribution in [0.3, 0.4) is 0 Å². The second-order valence-electron chi connectivity index (χ2n) is 6.90. The van der Waals surface area contributed by atoms with E-state index in [2.05, 4.69) is 15.1 Å². The van der Waals surface area contributed by atoms with E-state index in [1.165, 1.54) is 0 Å². The standard InChI is InChI=1S/C24H19Cl2N3O2/c1-31-20-6-4-5-16(11-20)24(30)28-27-13-18-15-29(23-8-3-2-7-21(18)23)14-17-9-10-19(25)12-22(17)26/h2-13,15H,14H2,1H3,(H,28,30)/b27-13-. The average molecular weight is 452 g/mol. The van der Waals surface area contributed by atoms with Gasteiger partial charge in [-0.2, -0.15) is 5.10 Å². The van der Waals surface area contributed by atoms with E-state index < -0.39 is 0 Å². The Balaban J connectivity index is 1.57. The number of ether oxygens (including phenoxy) is 1. The third kappa shape index (κ3) is 4.74. The Morgan fingerprint density at radius 3 is 2.74 bits per heavy atom. The Hall–Kier alpha value is -3.28. The molecule has 4 rings (SSSR count). The van der Waals surface area contributed by atoms with Crippen LogP contribution >= 0.6 is 23.2 Å². The average Bonchev–Trinajstić information content (AvgIpc) is 3.13. The van der Waals surface area contributed by atoms with Crippen LogP contribution in [-0.2, 0) is 6.54 Å². The highest BCUT2D eigenvalue weighted by atomic mass is 35.5. The highest BCUT2D eigenvalue weighted by molar-refractivity contribution is 6.35. The number of nitrogens with zero attached hydrogens (tertiary/aromatic N) is 2. The molecular formula is C24H19Cl2N3O2. The summed E-state index contributed by atoms with van der Waals surface area (Å²) in [6.07, 6.45) is 3.62. The lowest BCUT2D eigenvalue weighted by molar-refractivity contribution is 0.0955. The number of fused-ring (bicyclic) bond motifs is 1. The van der Waals surface area contributed by atoms with Gasteiger partial charge in [0.1, 0.15) is 5.75 Å². The zero-order valence-electron chi connectivity index (χ0n) is 16.7. The van der Waals surface area contributed by atoms with Crippen molar-refractivity contribution in [3.63, 3.8) is 0 Å². The summed E-state index contributed by atoms with van der Waals surface area (Å²) in [5, 5.41) is 6.39. The molecule has 4 aromatic rings. The van der Waals surface area contributed by atoms with Crippen LogP contribution in [0.1, 0.15) is 21.5 Å². The molecule has 0 saturated carbocycles. The van der Waals surface area contributed by atoms with E-state index in [-0.39, 0.29) is 5.91 Å². The van der Waals surface area contributed by atoms with E-state index in [9.17, 15) is 4.79 Å². The first-order chi connectivity index (χ1) is 15.0. The van der Waals surface area contributed by atoms with E-state index in [0.29, 0.717) is 27.9 Å². The van der Waals surface area contributed by atoms with Crippen LogP contribution in [0, 0.1) is 0 Å². The van der Waals surface area contributed by atoms with Gasteiger partial charge in [-0.1, -0.05) is 53.5 Å². The summed E-state index contributed by atoms with van der Waals surface area (Å²) in [5.41, 5.74) is 5.91. The van der Waals surface area contributed by atoms with Crippen molar-refractivity contribution in [3.05, 3.63) is 99.7 Å². The van der Waals surface area contributed by atoms with E-state index in [1.807, 2.05) is 42.6 Å². The number of para-hydroxylation sites is 1. The Bertz CT molecular complexity index is 1280. The summed E-state index contributed by atoms with van der Waals surface area (Å²) in [6, 6.07) is 20.4. The van der Waals surface area contributed by atoms with Gasteiger partial charge < -0.3 is 9.30 Å².